The van der Waals surface area contributed by atoms with E-state index >= 15 is 0 Å². The van der Waals surface area contributed by atoms with Crippen LogP contribution in [0.1, 0.15) is 37.6 Å². The lowest BCUT2D eigenvalue weighted by molar-refractivity contribution is 0.0957. The molecule has 1 aromatic heterocycles. The number of rotatable bonds is 5. The fourth-order valence-corrected chi connectivity index (χ4v) is 3.29. The third-order valence-electron chi connectivity index (χ3n) is 3.33. The third kappa shape index (κ3) is 2.65. The van der Waals surface area contributed by atoms with Gasteiger partial charge in [0, 0.05) is 23.4 Å². The quantitative estimate of drug-likeness (QED) is 0.852. The van der Waals surface area contributed by atoms with Crippen molar-refractivity contribution in [2.75, 3.05) is 13.2 Å². The van der Waals surface area contributed by atoms with Crippen LogP contribution in [0.5, 0.6) is 0 Å². The summed E-state index contributed by atoms with van der Waals surface area (Å²) < 4.78 is 5.69. The second-order valence-corrected chi connectivity index (χ2v) is 5.45. The zero-order valence-corrected chi connectivity index (χ0v) is 10.9. The molecule has 2 heterocycles. The van der Waals surface area contributed by atoms with Crippen LogP contribution in [0.25, 0.3) is 0 Å². The highest BCUT2D eigenvalue weighted by Crippen LogP contribution is 2.35. The number of hydrogen-bond donors (Lipinski definition) is 1. The van der Waals surface area contributed by atoms with E-state index < -0.39 is 0 Å². The van der Waals surface area contributed by atoms with E-state index in [0.717, 1.165) is 13.2 Å². The van der Waals surface area contributed by atoms with Gasteiger partial charge in [0.2, 0.25) is 0 Å². The molecule has 16 heavy (non-hydrogen) atoms. The van der Waals surface area contributed by atoms with Crippen molar-refractivity contribution in [2.24, 2.45) is 5.92 Å². The van der Waals surface area contributed by atoms with Crippen molar-refractivity contribution in [3.05, 3.63) is 22.4 Å². The number of nitrogens with one attached hydrogen (secondary N) is 1. The van der Waals surface area contributed by atoms with E-state index in [4.69, 9.17) is 4.74 Å². The van der Waals surface area contributed by atoms with Crippen molar-refractivity contribution in [1.82, 2.24) is 5.32 Å². The molecule has 0 saturated carbocycles. The Morgan fingerprint density at radius 2 is 2.50 bits per heavy atom. The van der Waals surface area contributed by atoms with Crippen molar-refractivity contribution in [1.29, 1.82) is 0 Å². The zero-order chi connectivity index (χ0) is 11.4. The van der Waals surface area contributed by atoms with Crippen molar-refractivity contribution in [3.8, 4) is 0 Å². The standard InChI is InChI=1S/C13H21NOS/c1-3-7-14-13(12-5-4-9-16-12)11-6-8-15-10(11)2/h4-5,9-11,13-14H,3,6-8H2,1-2H3. The fraction of sp³-hybridized carbons (Fsp3) is 0.692. The predicted molar refractivity (Wildman–Crippen MR) is 68.9 cm³/mol. The topological polar surface area (TPSA) is 21.3 Å². The van der Waals surface area contributed by atoms with Crippen LogP contribution in [0, 0.1) is 5.92 Å². The number of hydrogen-bond acceptors (Lipinski definition) is 3. The normalized spacial score (nSPS) is 27.1. The van der Waals surface area contributed by atoms with Gasteiger partial charge in [0.25, 0.3) is 0 Å². The van der Waals surface area contributed by atoms with Gasteiger partial charge in [-0.05, 0) is 37.8 Å². The van der Waals surface area contributed by atoms with E-state index in [1.54, 1.807) is 0 Å². The molecule has 90 valence electrons. The molecule has 0 aromatic carbocycles. The van der Waals surface area contributed by atoms with E-state index in [1.165, 1.54) is 17.7 Å². The summed E-state index contributed by atoms with van der Waals surface area (Å²) in [7, 11) is 0. The first kappa shape index (κ1) is 12.1. The average Bonchev–Trinajstić information content (AvgIpc) is 2.91. The Morgan fingerprint density at radius 1 is 1.62 bits per heavy atom. The first-order valence-electron chi connectivity index (χ1n) is 6.21. The second-order valence-electron chi connectivity index (χ2n) is 4.48. The monoisotopic (exact) mass is 239 g/mol. The van der Waals surface area contributed by atoms with Crippen LogP contribution in [-0.2, 0) is 4.74 Å². The first-order chi connectivity index (χ1) is 7.83. The van der Waals surface area contributed by atoms with Gasteiger partial charge < -0.3 is 10.1 Å². The summed E-state index contributed by atoms with van der Waals surface area (Å²) >= 11 is 1.85. The molecule has 0 spiro atoms. The van der Waals surface area contributed by atoms with Gasteiger partial charge in [0.1, 0.15) is 0 Å². The van der Waals surface area contributed by atoms with Gasteiger partial charge in [-0.3, -0.25) is 0 Å². The highest BCUT2D eigenvalue weighted by atomic mass is 32.1. The van der Waals surface area contributed by atoms with E-state index in [1.807, 2.05) is 11.3 Å². The Morgan fingerprint density at radius 3 is 3.06 bits per heavy atom. The molecular weight excluding hydrogens is 218 g/mol. The van der Waals surface area contributed by atoms with Crippen LogP contribution in [0.4, 0.5) is 0 Å². The van der Waals surface area contributed by atoms with Crippen LogP contribution in [0.3, 0.4) is 0 Å². The van der Waals surface area contributed by atoms with E-state index in [9.17, 15) is 0 Å². The summed E-state index contributed by atoms with van der Waals surface area (Å²) in [4.78, 5) is 1.45. The lowest BCUT2D eigenvalue weighted by atomic mass is 9.92. The van der Waals surface area contributed by atoms with E-state index in [0.29, 0.717) is 18.1 Å². The van der Waals surface area contributed by atoms with Gasteiger partial charge in [-0.1, -0.05) is 13.0 Å². The molecule has 3 atom stereocenters. The molecular formula is C13H21NOS. The Kier molecular flexibility index (Phi) is 4.38. The van der Waals surface area contributed by atoms with Gasteiger partial charge >= 0.3 is 0 Å². The van der Waals surface area contributed by atoms with Gasteiger partial charge in [-0.25, -0.2) is 0 Å². The molecule has 0 amide bonds. The fourth-order valence-electron chi connectivity index (χ4n) is 2.42. The maximum atomic E-state index is 5.69. The van der Waals surface area contributed by atoms with Gasteiger partial charge in [0.15, 0.2) is 0 Å². The maximum Gasteiger partial charge on any atom is 0.0594 e. The molecule has 2 nitrogen and oxygen atoms in total. The highest BCUT2D eigenvalue weighted by Gasteiger charge is 2.32. The van der Waals surface area contributed by atoms with Gasteiger partial charge in [0.05, 0.1) is 6.10 Å². The molecule has 1 fully saturated rings. The van der Waals surface area contributed by atoms with Gasteiger partial charge in [-0.15, -0.1) is 11.3 Å². The highest BCUT2D eigenvalue weighted by molar-refractivity contribution is 7.10. The molecule has 1 saturated heterocycles. The molecule has 1 aliphatic heterocycles. The van der Waals surface area contributed by atoms with Crippen LogP contribution in [0.15, 0.2) is 17.5 Å². The molecule has 3 heteroatoms. The molecule has 0 bridgehead atoms. The Balaban J connectivity index is 2.08. The van der Waals surface area contributed by atoms with Crippen molar-refractivity contribution in [2.45, 2.75) is 38.8 Å². The minimum atomic E-state index is 0.386. The van der Waals surface area contributed by atoms with Crippen molar-refractivity contribution >= 4 is 11.3 Å². The molecule has 1 aliphatic rings. The molecule has 1 N–H and O–H groups in total. The van der Waals surface area contributed by atoms with Crippen molar-refractivity contribution < 1.29 is 4.74 Å². The third-order valence-corrected chi connectivity index (χ3v) is 4.28. The van der Waals surface area contributed by atoms with Crippen LogP contribution in [0.2, 0.25) is 0 Å². The smallest absolute Gasteiger partial charge is 0.0594 e. The Bertz CT molecular complexity index is 299. The average molecular weight is 239 g/mol. The summed E-state index contributed by atoms with van der Waals surface area (Å²) in [5.74, 6) is 0.630. The Hall–Kier alpha value is -0.380. The van der Waals surface area contributed by atoms with Crippen LogP contribution in [-0.4, -0.2) is 19.3 Å². The number of ether oxygens (including phenoxy) is 1. The van der Waals surface area contributed by atoms with E-state index in [2.05, 4.69) is 36.7 Å². The molecule has 1 aromatic rings. The van der Waals surface area contributed by atoms with E-state index in [-0.39, 0.29) is 0 Å². The minimum Gasteiger partial charge on any atom is -0.378 e. The Labute approximate surface area is 102 Å². The summed E-state index contributed by atoms with van der Waals surface area (Å²) in [6, 6.07) is 4.86. The molecule has 0 aliphatic carbocycles. The maximum absolute atomic E-state index is 5.69. The largest absolute Gasteiger partial charge is 0.378 e. The lowest BCUT2D eigenvalue weighted by Gasteiger charge is -2.26. The second kappa shape index (κ2) is 5.80. The predicted octanol–water partition coefficient (Wildman–Crippen LogP) is 3.21. The van der Waals surface area contributed by atoms with Gasteiger partial charge in [-0.2, -0.15) is 0 Å². The van der Waals surface area contributed by atoms with Crippen LogP contribution < -0.4 is 5.32 Å². The van der Waals surface area contributed by atoms with Crippen LogP contribution >= 0.6 is 11.3 Å². The SMILES string of the molecule is CCCNC(c1cccs1)C1CCOC1C. The summed E-state index contributed by atoms with van der Waals surface area (Å²) in [6.45, 7) is 6.42. The first-order valence-corrected chi connectivity index (χ1v) is 7.09. The molecule has 3 unspecified atom stereocenters. The van der Waals surface area contributed by atoms with Crippen molar-refractivity contribution in [3.63, 3.8) is 0 Å². The lowest BCUT2D eigenvalue weighted by Crippen LogP contribution is -2.31. The molecule has 2 rings (SSSR count). The summed E-state index contributed by atoms with van der Waals surface area (Å²) in [5.41, 5.74) is 0. The molecule has 0 radical (unpaired) electrons. The zero-order valence-electron chi connectivity index (χ0n) is 10.1. The summed E-state index contributed by atoms with van der Waals surface area (Å²) in [5, 5.41) is 5.84. The summed E-state index contributed by atoms with van der Waals surface area (Å²) in [6.07, 6.45) is 2.75. The minimum absolute atomic E-state index is 0.386. The number of thiophene rings is 1.